The lowest BCUT2D eigenvalue weighted by Gasteiger charge is -2.13. The lowest BCUT2D eigenvalue weighted by atomic mass is 9.91. The third kappa shape index (κ3) is 5.65. The molecule has 8 aromatic carbocycles. The van der Waals surface area contributed by atoms with Gasteiger partial charge in [-0.25, -0.2) is 0 Å². The summed E-state index contributed by atoms with van der Waals surface area (Å²) in [6.07, 6.45) is 0. The van der Waals surface area contributed by atoms with E-state index in [0.29, 0.717) is 0 Å². The second-order valence-electron chi connectivity index (χ2n) is 12.5. The molecule has 0 atom stereocenters. The van der Waals surface area contributed by atoms with Crippen molar-refractivity contribution in [3.05, 3.63) is 194 Å². The summed E-state index contributed by atoms with van der Waals surface area (Å²) in [7, 11) is 0. The molecular formula is C48H32S. The van der Waals surface area contributed by atoms with Gasteiger partial charge in [0.1, 0.15) is 0 Å². The minimum Gasteiger partial charge on any atom is -0.135 e. The minimum absolute atomic E-state index is 1.21. The average Bonchev–Trinajstić information content (AvgIpc) is 3.57. The van der Waals surface area contributed by atoms with Crippen LogP contribution in [0.2, 0.25) is 0 Å². The quantitative estimate of drug-likeness (QED) is 0.170. The summed E-state index contributed by atoms with van der Waals surface area (Å²) in [5.41, 5.74) is 14.7. The Morgan fingerprint density at radius 2 is 0.653 bits per heavy atom. The first-order valence-electron chi connectivity index (χ1n) is 16.7. The second kappa shape index (κ2) is 12.5. The average molecular weight is 641 g/mol. The highest BCUT2D eigenvalue weighted by Gasteiger charge is 2.14. The fraction of sp³-hybridized carbons (Fsp3) is 0. The summed E-state index contributed by atoms with van der Waals surface area (Å²) < 4.78 is 2.63. The lowest BCUT2D eigenvalue weighted by Crippen LogP contribution is -1.87. The lowest BCUT2D eigenvalue weighted by molar-refractivity contribution is 1.56. The highest BCUT2D eigenvalue weighted by Crippen LogP contribution is 2.42. The van der Waals surface area contributed by atoms with Crippen LogP contribution in [0, 0.1) is 0 Å². The largest absolute Gasteiger partial charge is 0.135 e. The molecule has 0 radical (unpaired) electrons. The molecule has 0 saturated heterocycles. The van der Waals surface area contributed by atoms with Gasteiger partial charge < -0.3 is 0 Å². The van der Waals surface area contributed by atoms with Crippen LogP contribution in [-0.2, 0) is 0 Å². The topological polar surface area (TPSA) is 0 Å². The smallest absolute Gasteiger partial charge is 0.0361 e. The Hall–Kier alpha value is -6.02. The molecule has 0 fully saturated rings. The van der Waals surface area contributed by atoms with Crippen molar-refractivity contribution in [1.29, 1.82) is 0 Å². The molecule has 0 aliphatic heterocycles. The van der Waals surface area contributed by atoms with Crippen LogP contribution in [0.1, 0.15) is 0 Å². The van der Waals surface area contributed by atoms with Gasteiger partial charge in [-0.15, -0.1) is 11.3 Å². The van der Waals surface area contributed by atoms with E-state index in [4.69, 9.17) is 0 Å². The zero-order chi connectivity index (χ0) is 32.6. The first-order chi connectivity index (χ1) is 24.3. The van der Waals surface area contributed by atoms with Crippen LogP contribution in [0.25, 0.3) is 86.9 Å². The van der Waals surface area contributed by atoms with E-state index in [1.54, 1.807) is 0 Å². The van der Waals surface area contributed by atoms with E-state index in [1.807, 2.05) is 11.3 Å². The van der Waals surface area contributed by atoms with Crippen molar-refractivity contribution in [1.82, 2.24) is 0 Å². The number of hydrogen-bond donors (Lipinski definition) is 0. The Bertz CT molecular complexity index is 2560. The van der Waals surface area contributed by atoms with E-state index in [-0.39, 0.29) is 0 Å². The molecule has 1 heteroatoms. The normalized spacial score (nSPS) is 11.3. The van der Waals surface area contributed by atoms with Gasteiger partial charge in [0.05, 0.1) is 0 Å². The van der Waals surface area contributed by atoms with Crippen LogP contribution >= 0.6 is 11.3 Å². The van der Waals surface area contributed by atoms with Crippen molar-refractivity contribution in [2.75, 3.05) is 0 Å². The maximum atomic E-state index is 2.39. The molecule has 0 N–H and O–H groups in total. The van der Waals surface area contributed by atoms with Crippen LogP contribution in [0.4, 0.5) is 0 Å². The first kappa shape index (κ1) is 29.1. The van der Waals surface area contributed by atoms with Gasteiger partial charge >= 0.3 is 0 Å². The first-order valence-corrected chi connectivity index (χ1v) is 17.6. The molecule has 0 unspecified atom stereocenters. The maximum Gasteiger partial charge on any atom is 0.0361 e. The molecule has 9 rings (SSSR count). The van der Waals surface area contributed by atoms with Crippen LogP contribution in [0.3, 0.4) is 0 Å². The highest BCUT2D eigenvalue weighted by atomic mass is 32.1. The molecule has 230 valence electrons. The van der Waals surface area contributed by atoms with Gasteiger partial charge in [0.15, 0.2) is 0 Å². The van der Waals surface area contributed by atoms with Crippen LogP contribution < -0.4 is 0 Å². The molecule has 0 amide bonds. The fourth-order valence-electron chi connectivity index (χ4n) is 6.99. The van der Waals surface area contributed by atoms with Crippen LogP contribution in [0.15, 0.2) is 194 Å². The molecule has 0 bridgehead atoms. The number of rotatable bonds is 6. The summed E-state index contributed by atoms with van der Waals surface area (Å²) >= 11 is 1.88. The van der Waals surface area contributed by atoms with Crippen molar-refractivity contribution >= 4 is 31.5 Å². The van der Waals surface area contributed by atoms with Gasteiger partial charge in [0.2, 0.25) is 0 Å². The summed E-state index contributed by atoms with van der Waals surface area (Å²) in [5, 5.41) is 2.65. The van der Waals surface area contributed by atoms with Crippen molar-refractivity contribution in [3.63, 3.8) is 0 Å². The highest BCUT2D eigenvalue weighted by molar-refractivity contribution is 7.26. The number of fused-ring (bicyclic) bond motifs is 3. The molecule has 49 heavy (non-hydrogen) atoms. The molecule has 0 spiro atoms. The summed E-state index contributed by atoms with van der Waals surface area (Å²) in [6.45, 7) is 0. The maximum absolute atomic E-state index is 2.39. The van der Waals surface area contributed by atoms with E-state index in [9.17, 15) is 0 Å². The number of hydrogen-bond acceptors (Lipinski definition) is 1. The van der Waals surface area contributed by atoms with E-state index in [2.05, 4.69) is 194 Å². The monoisotopic (exact) mass is 640 g/mol. The third-order valence-corrected chi connectivity index (χ3v) is 10.6. The predicted octanol–water partition coefficient (Wildman–Crippen LogP) is 14.1. The van der Waals surface area contributed by atoms with E-state index in [1.165, 1.54) is 86.9 Å². The molecule has 0 aliphatic rings. The van der Waals surface area contributed by atoms with Crippen LogP contribution in [0.5, 0.6) is 0 Å². The fourth-order valence-corrected chi connectivity index (χ4v) is 8.16. The van der Waals surface area contributed by atoms with E-state index >= 15 is 0 Å². The van der Waals surface area contributed by atoms with E-state index in [0.717, 1.165) is 0 Å². The molecule has 0 aliphatic carbocycles. The van der Waals surface area contributed by atoms with Gasteiger partial charge in [0.25, 0.3) is 0 Å². The molecule has 9 aromatic rings. The predicted molar refractivity (Wildman–Crippen MR) is 212 cm³/mol. The van der Waals surface area contributed by atoms with Gasteiger partial charge in [-0.05, 0) is 103 Å². The second-order valence-corrected chi connectivity index (χ2v) is 13.6. The van der Waals surface area contributed by atoms with Crippen molar-refractivity contribution < 1.29 is 0 Å². The zero-order valence-corrected chi connectivity index (χ0v) is 27.7. The molecule has 0 nitrogen and oxygen atoms in total. The van der Waals surface area contributed by atoms with Gasteiger partial charge in [-0.1, -0.05) is 158 Å². The Morgan fingerprint density at radius 3 is 1.29 bits per heavy atom. The SMILES string of the molecule is c1ccc(-c2ccc(-c3cc(-c4cccc(-c5ccccc5)c4)cc(-c4ccc5c(c4)sc4cccc(-c6ccccc6)c45)c3)cc2)cc1. The number of thiophene rings is 1. The summed E-state index contributed by atoms with van der Waals surface area (Å²) in [5.74, 6) is 0. The van der Waals surface area contributed by atoms with Gasteiger partial charge in [-0.2, -0.15) is 0 Å². The summed E-state index contributed by atoms with van der Waals surface area (Å²) in [6, 6.07) is 70.6. The molecule has 1 aromatic heterocycles. The zero-order valence-electron chi connectivity index (χ0n) is 26.9. The minimum atomic E-state index is 1.21. The van der Waals surface area contributed by atoms with Crippen molar-refractivity contribution in [2.45, 2.75) is 0 Å². The molecule has 1 heterocycles. The van der Waals surface area contributed by atoms with E-state index < -0.39 is 0 Å². The molecule has 0 saturated carbocycles. The molecular weight excluding hydrogens is 609 g/mol. The summed E-state index contributed by atoms with van der Waals surface area (Å²) in [4.78, 5) is 0. The van der Waals surface area contributed by atoms with Gasteiger partial charge in [0, 0.05) is 20.2 Å². The Balaban J connectivity index is 1.18. The van der Waals surface area contributed by atoms with Crippen LogP contribution in [-0.4, -0.2) is 0 Å². The van der Waals surface area contributed by atoms with Crippen molar-refractivity contribution in [2.24, 2.45) is 0 Å². The van der Waals surface area contributed by atoms with Crippen molar-refractivity contribution in [3.8, 4) is 66.8 Å². The Morgan fingerprint density at radius 1 is 0.245 bits per heavy atom. The Labute approximate surface area is 291 Å². The van der Waals surface area contributed by atoms with Gasteiger partial charge in [-0.3, -0.25) is 0 Å². The Kier molecular flexibility index (Phi) is 7.46. The standard InChI is InChI=1S/C48H32S/c1-4-12-33(13-5-1)35-22-24-36(25-23-35)41-29-42(39-19-10-18-38(28-39)34-14-6-2-7-15-34)31-43(30-41)40-26-27-45-47(32-40)49-46-21-11-20-44(48(45)46)37-16-8-3-9-17-37/h1-32H. The third-order valence-electron chi connectivity index (χ3n) is 9.48. The number of benzene rings is 8.